The number of benzene rings is 3. The molecule has 2 heterocycles. The van der Waals surface area contributed by atoms with Gasteiger partial charge in [-0.3, -0.25) is 4.79 Å². The molecule has 3 N–H and O–H groups in total. The van der Waals surface area contributed by atoms with E-state index in [4.69, 9.17) is 0 Å². The second kappa shape index (κ2) is 9.74. The third-order valence-electron chi connectivity index (χ3n) is 7.33. The first kappa shape index (κ1) is 23.8. The monoisotopic (exact) mass is 511 g/mol. The van der Waals surface area contributed by atoms with E-state index >= 15 is 4.39 Å². The predicted molar refractivity (Wildman–Crippen MR) is 144 cm³/mol. The molecule has 2 aromatic heterocycles. The second-order valence-corrected chi connectivity index (χ2v) is 9.77. The van der Waals surface area contributed by atoms with E-state index < -0.39 is 6.09 Å². The normalized spacial score (nSPS) is 14.2. The van der Waals surface area contributed by atoms with E-state index in [1.54, 1.807) is 42.5 Å². The average molecular weight is 512 g/mol. The molecule has 0 atom stereocenters. The summed E-state index contributed by atoms with van der Waals surface area (Å²) in [4.78, 5) is 33.3. The number of aromatic nitrogens is 4. The van der Waals surface area contributed by atoms with Gasteiger partial charge < -0.3 is 10.1 Å². The third-order valence-corrected chi connectivity index (χ3v) is 7.33. The molecule has 1 aliphatic carbocycles. The number of hydrogen-bond acceptors (Lipinski definition) is 4. The first-order valence-electron chi connectivity index (χ1n) is 12.7. The number of fused-ring (bicyclic) bond motifs is 2. The van der Waals surface area contributed by atoms with Gasteiger partial charge in [0.25, 0.3) is 5.56 Å². The lowest BCUT2D eigenvalue weighted by molar-refractivity contribution is 0.196. The Balaban J connectivity index is 1.34. The summed E-state index contributed by atoms with van der Waals surface area (Å²) in [6.07, 6.45) is 4.12. The molecule has 0 bridgehead atoms. The van der Waals surface area contributed by atoms with Crippen molar-refractivity contribution >= 4 is 33.8 Å². The maximum Gasteiger partial charge on any atom is 0.414 e. The van der Waals surface area contributed by atoms with Gasteiger partial charge in [-0.2, -0.15) is 5.10 Å². The Hall–Kier alpha value is -4.53. The molecule has 1 saturated carbocycles. The van der Waals surface area contributed by atoms with Crippen LogP contribution in [0.15, 0.2) is 65.5 Å². The summed E-state index contributed by atoms with van der Waals surface area (Å²) in [7, 11) is 0. The van der Waals surface area contributed by atoms with Crippen LogP contribution in [-0.2, 0) is 6.42 Å². The van der Waals surface area contributed by atoms with Crippen molar-refractivity contribution in [2.45, 2.75) is 44.6 Å². The fourth-order valence-electron chi connectivity index (χ4n) is 5.44. The standard InChI is InChI=1S/C29H26FN5O3/c30-23-12-10-17(15-25-20-8-4-5-9-21(20)27(36)34-33-25)14-22(23)18-11-13-24-26(16-18)32-28(31-24)35(29(37)38)19-6-2-1-3-7-19/h4-5,8-14,16,19H,1-3,6-7,15H2,(H,31,32)(H,34,36)(H,37,38). The van der Waals surface area contributed by atoms with Gasteiger partial charge in [0.05, 0.1) is 22.1 Å². The van der Waals surface area contributed by atoms with E-state index in [9.17, 15) is 14.7 Å². The van der Waals surface area contributed by atoms with Crippen LogP contribution in [0.25, 0.3) is 32.9 Å². The zero-order valence-electron chi connectivity index (χ0n) is 20.6. The van der Waals surface area contributed by atoms with E-state index in [1.165, 1.54) is 11.0 Å². The van der Waals surface area contributed by atoms with Crippen molar-refractivity contribution in [3.05, 3.63) is 88.1 Å². The Morgan fingerprint density at radius 2 is 1.82 bits per heavy atom. The zero-order chi connectivity index (χ0) is 26.2. The molecule has 0 unspecified atom stereocenters. The molecule has 8 nitrogen and oxygen atoms in total. The minimum atomic E-state index is -1.03. The van der Waals surface area contributed by atoms with Gasteiger partial charge in [-0.15, -0.1) is 0 Å². The van der Waals surface area contributed by atoms with Crippen LogP contribution in [0.2, 0.25) is 0 Å². The first-order chi connectivity index (χ1) is 18.5. The number of amides is 1. The molecule has 5 aromatic rings. The quantitative estimate of drug-likeness (QED) is 0.267. The highest BCUT2D eigenvalue weighted by atomic mass is 19.1. The van der Waals surface area contributed by atoms with Crippen molar-refractivity contribution in [3.8, 4) is 11.1 Å². The first-order valence-corrected chi connectivity index (χ1v) is 12.7. The van der Waals surface area contributed by atoms with Crippen molar-refractivity contribution in [1.29, 1.82) is 0 Å². The van der Waals surface area contributed by atoms with Crippen LogP contribution in [0.5, 0.6) is 0 Å². The van der Waals surface area contributed by atoms with Gasteiger partial charge in [-0.25, -0.2) is 24.2 Å². The van der Waals surface area contributed by atoms with Crippen LogP contribution >= 0.6 is 0 Å². The molecular formula is C29H26FN5O3. The Labute approximate surface area is 217 Å². The highest BCUT2D eigenvalue weighted by Crippen LogP contribution is 2.31. The average Bonchev–Trinajstić information content (AvgIpc) is 3.34. The lowest BCUT2D eigenvalue weighted by Gasteiger charge is -2.30. The van der Waals surface area contributed by atoms with Crippen molar-refractivity contribution in [2.75, 3.05) is 4.90 Å². The Morgan fingerprint density at radius 1 is 1.03 bits per heavy atom. The summed E-state index contributed by atoms with van der Waals surface area (Å²) in [6.45, 7) is 0. The lowest BCUT2D eigenvalue weighted by atomic mass is 9.94. The largest absolute Gasteiger partial charge is 0.465 e. The molecular weight excluding hydrogens is 485 g/mol. The van der Waals surface area contributed by atoms with Gasteiger partial charge in [-0.1, -0.05) is 49.6 Å². The number of anilines is 1. The summed E-state index contributed by atoms with van der Waals surface area (Å²) in [5.41, 5.74) is 3.58. The maximum absolute atomic E-state index is 15.0. The number of aromatic amines is 2. The van der Waals surface area contributed by atoms with Gasteiger partial charge in [0, 0.05) is 23.4 Å². The number of imidazole rings is 1. The fraction of sp³-hybridized carbons (Fsp3) is 0.241. The van der Waals surface area contributed by atoms with E-state index in [1.807, 2.05) is 12.1 Å². The second-order valence-electron chi connectivity index (χ2n) is 9.77. The topological polar surface area (TPSA) is 115 Å². The predicted octanol–water partition coefficient (Wildman–Crippen LogP) is 6.01. The zero-order valence-corrected chi connectivity index (χ0v) is 20.6. The minimum Gasteiger partial charge on any atom is -0.465 e. The Bertz CT molecular complexity index is 1720. The van der Waals surface area contributed by atoms with Crippen LogP contribution in [-0.4, -0.2) is 37.4 Å². The van der Waals surface area contributed by atoms with Crippen molar-refractivity contribution in [3.63, 3.8) is 0 Å². The summed E-state index contributed by atoms with van der Waals surface area (Å²) < 4.78 is 15.0. The molecule has 192 valence electrons. The molecule has 1 fully saturated rings. The lowest BCUT2D eigenvalue weighted by Crippen LogP contribution is -2.41. The number of nitrogens with zero attached hydrogens (tertiary/aromatic N) is 3. The molecule has 3 aromatic carbocycles. The maximum atomic E-state index is 15.0. The molecule has 38 heavy (non-hydrogen) atoms. The van der Waals surface area contributed by atoms with Crippen molar-refractivity contribution in [2.24, 2.45) is 0 Å². The van der Waals surface area contributed by atoms with Gasteiger partial charge in [0.1, 0.15) is 5.82 Å². The molecule has 0 spiro atoms. The van der Waals surface area contributed by atoms with E-state index in [-0.39, 0.29) is 17.4 Å². The van der Waals surface area contributed by atoms with Crippen molar-refractivity contribution < 1.29 is 14.3 Å². The number of rotatable bonds is 5. The number of carboxylic acid groups (broad SMARTS) is 1. The fourth-order valence-corrected chi connectivity index (χ4v) is 5.44. The molecule has 1 amide bonds. The van der Waals surface area contributed by atoms with Gasteiger partial charge in [0.15, 0.2) is 0 Å². The van der Waals surface area contributed by atoms with Crippen LogP contribution in [0.4, 0.5) is 15.1 Å². The molecule has 1 aliphatic rings. The Kier molecular flexibility index (Phi) is 6.11. The summed E-state index contributed by atoms with van der Waals surface area (Å²) >= 11 is 0. The van der Waals surface area contributed by atoms with Crippen LogP contribution < -0.4 is 10.5 Å². The number of hydrogen-bond donors (Lipinski definition) is 3. The molecule has 0 saturated heterocycles. The molecule has 0 aliphatic heterocycles. The van der Waals surface area contributed by atoms with Crippen LogP contribution in [0.1, 0.15) is 43.4 Å². The minimum absolute atomic E-state index is 0.104. The molecule has 6 rings (SSSR count). The van der Waals surface area contributed by atoms with E-state index in [0.29, 0.717) is 45.6 Å². The molecule has 0 radical (unpaired) electrons. The number of carbonyl (C=O) groups is 1. The van der Waals surface area contributed by atoms with Gasteiger partial charge in [0.2, 0.25) is 5.95 Å². The van der Waals surface area contributed by atoms with E-state index in [0.717, 1.165) is 43.1 Å². The van der Waals surface area contributed by atoms with Crippen LogP contribution in [0, 0.1) is 5.82 Å². The van der Waals surface area contributed by atoms with E-state index in [2.05, 4.69) is 20.2 Å². The summed E-state index contributed by atoms with van der Waals surface area (Å²) in [6, 6.07) is 17.4. The number of halogens is 1. The number of H-pyrrole nitrogens is 2. The van der Waals surface area contributed by atoms with Crippen LogP contribution in [0.3, 0.4) is 0 Å². The van der Waals surface area contributed by atoms with Crippen molar-refractivity contribution in [1.82, 2.24) is 20.2 Å². The Morgan fingerprint density at radius 3 is 2.61 bits per heavy atom. The SMILES string of the molecule is O=C(O)N(c1nc2cc(-c3cc(Cc4n[nH]c(=O)c5ccccc45)ccc3F)ccc2[nH]1)C1CCCCC1. The highest BCUT2D eigenvalue weighted by molar-refractivity contribution is 5.89. The summed E-state index contributed by atoms with van der Waals surface area (Å²) in [5.74, 6) is -0.0840. The number of nitrogens with one attached hydrogen (secondary N) is 2. The highest BCUT2D eigenvalue weighted by Gasteiger charge is 2.29. The smallest absolute Gasteiger partial charge is 0.414 e. The molecule has 9 heteroatoms. The third kappa shape index (κ3) is 4.40. The summed E-state index contributed by atoms with van der Waals surface area (Å²) in [5, 5.41) is 18.0. The van der Waals surface area contributed by atoms with Gasteiger partial charge >= 0.3 is 6.09 Å². The van der Waals surface area contributed by atoms with Gasteiger partial charge in [-0.05, 0) is 54.3 Å².